The molecule has 1 aliphatic heterocycles. The summed E-state index contributed by atoms with van der Waals surface area (Å²) in [6.07, 6.45) is 1.86. The first-order chi connectivity index (χ1) is 10.2. The maximum atomic E-state index is 11.9. The van der Waals surface area contributed by atoms with Gasteiger partial charge in [0.2, 0.25) is 11.8 Å². The van der Waals surface area contributed by atoms with Gasteiger partial charge in [0.05, 0.1) is 19.2 Å². The highest BCUT2D eigenvalue weighted by molar-refractivity contribution is 5.93. The van der Waals surface area contributed by atoms with Crippen LogP contribution in [-0.4, -0.2) is 29.8 Å². The van der Waals surface area contributed by atoms with E-state index in [-0.39, 0.29) is 5.97 Å². The largest absolute Gasteiger partial charge is 0.465 e. The molecular formula is C15H17N3O3. The Morgan fingerprint density at radius 2 is 2.29 bits per heavy atom. The van der Waals surface area contributed by atoms with Gasteiger partial charge in [-0.05, 0) is 30.5 Å². The maximum Gasteiger partial charge on any atom is 0.338 e. The number of rotatable bonds is 3. The molecule has 0 saturated carbocycles. The topological polar surface area (TPSA) is 68.5 Å². The van der Waals surface area contributed by atoms with Crippen molar-refractivity contribution < 1.29 is 13.9 Å². The monoisotopic (exact) mass is 287 g/mol. The average molecular weight is 287 g/mol. The minimum Gasteiger partial charge on any atom is -0.465 e. The number of methoxy groups -OCH3 is 1. The Kier molecular flexibility index (Phi) is 3.60. The number of ether oxygens (including phenoxy) is 1. The summed E-state index contributed by atoms with van der Waals surface area (Å²) in [5.74, 6) is 0.858. The molecule has 1 aromatic carbocycles. The van der Waals surface area contributed by atoms with Gasteiger partial charge >= 0.3 is 5.97 Å². The first-order valence-corrected chi connectivity index (χ1v) is 6.93. The van der Waals surface area contributed by atoms with Gasteiger partial charge in [-0.15, -0.1) is 10.2 Å². The van der Waals surface area contributed by atoms with E-state index in [4.69, 9.17) is 9.15 Å². The van der Waals surface area contributed by atoms with E-state index in [2.05, 4.69) is 15.1 Å². The molecule has 6 nitrogen and oxygen atoms in total. The molecule has 0 saturated heterocycles. The number of hydrogen-bond acceptors (Lipinski definition) is 6. The van der Waals surface area contributed by atoms with Gasteiger partial charge in [-0.25, -0.2) is 4.79 Å². The molecule has 0 aliphatic carbocycles. The smallest absolute Gasteiger partial charge is 0.338 e. The molecule has 2 aromatic rings. The number of anilines is 1. The number of aromatic nitrogens is 2. The quantitative estimate of drug-likeness (QED) is 0.805. The maximum absolute atomic E-state index is 11.9. The number of aryl methyl sites for hydroxylation is 1. The third-order valence-corrected chi connectivity index (χ3v) is 3.65. The van der Waals surface area contributed by atoms with Crippen molar-refractivity contribution in [2.45, 2.75) is 26.3 Å². The fraction of sp³-hybridized carbons (Fsp3) is 0.400. The molecule has 0 radical (unpaired) electrons. The van der Waals surface area contributed by atoms with Crippen molar-refractivity contribution >= 4 is 11.7 Å². The van der Waals surface area contributed by atoms with Crippen LogP contribution in [0.2, 0.25) is 0 Å². The minimum absolute atomic E-state index is 0.290. The van der Waals surface area contributed by atoms with Crippen LogP contribution < -0.4 is 4.90 Å². The first kappa shape index (κ1) is 13.6. The first-order valence-electron chi connectivity index (χ1n) is 6.93. The van der Waals surface area contributed by atoms with Gasteiger partial charge in [-0.2, -0.15) is 0 Å². The highest BCUT2D eigenvalue weighted by Crippen LogP contribution is 2.31. The summed E-state index contributed by atoms with van der Waals surface area (Å²) in [5, 5.41) is 7.89. The van der Waals surface area contributed by atoms with Crippen molar-refractivity contribution in [1.82, 2.24) is 10.2 Å². The number of esters is 1. The second-order valence-corrected chi connectivity index (χ2v) is 5.03. The number of carbonyl (C=O) groups excluding carboxylic acids is 1. The Hall–Kier alpha value is -2.37. The van der Waals surface area contributed by atoms with E-state index < -0.39 is 0 Å². The Balaban J connectivity index is 1.93. The van der Waals surface area contributed by atoms with Crippen LogP contribution in [0.15, 0.2) is 22.6 Å². The second-order valence-electron chi connectivity index (χ2n) is 5.03. The van der Waals surface area contributed by atoms with Crippen LogP contribution >= 0.6 is 0 Å². The normalized spacial score (nSPS) is 13.9. The summed E-state index contributed by atoms with van der Waals surface area (Å²) in [5.41, 5.74) is 2.72. The lowest BCUT2D eigenvalue weighted by Crippen LogP contribution is -2.30. The van der Waals surface area contributed by atoms with E-state index in [1.165, 1.54) is 7.11 Å². The van der Waals surface area contributed by atoms with Gasteiger partial charge in [0.1, 0.15) is 0 Å². The average Bonchev–Trinajstić information content (AvgIpc) is 2.91. The SMILES string of the molecule is COC(=O)c1cccc2c1CCCN2Cc1nnc(C)o1. The van der Waals surface area contributed by atoms with Crippen LogP contribution in [0, 0.1) is 6.92 Å². The van der Waals surface area contributed by atoms with Gasteiger partial charge < -0.3 is 14.1 Å². The lowest BCUT2D eigenvalue weighted by molar-refractivity contribution is 0.0599. The lowest BCUT2D eigenvalue weighted by atomic mass is 9.96. The zero-order valence-corrected chi connectivity index (χ0v) is 12.1. The Bertz CT molecular complexity index is 666. The molecular weight excluding hydrogens is 270 g/mol. The summed E-state index contributed by atoms with van der Waals surface area (Å²) < 4.78 is 10.3. The van der Waals surface area contributed by atoms with Gasteiger partial charge in [-0.1, -0.05) is 6.07 Å². The molecule has 0 atom stereocenters. The van der Waals surface area contributed by atoms with Crippen molar-refractivity contribution in [1.29, 1.82) is 0 Å². The van der Waals surface area contributed by atoms with Crippen molar-refractivity contribution in [3.05, 3.63) is 41.1 Å². The summed E-state index contributed by atoms with van der Waals surface area (Å²) in [4.78, 5) is 14.0. The standard InChI is InChI=1S/C15H17N3O3/c1-10-16-17-14(21-10)9-18-8-4-6-11-12(15(19)20-2)5-3-7-13(11)18/h3,5,7H,4,6,8-9H2,1-2H3. The molecule has 2 heterocycles. The van der Waals surface area contributed by atoms with Crippen molar-refractivity contribution in [3.8, 4) is 0 Å². The number of nitrogens with zero attached hydrogens (tertiary/aromatic N) is 3. The van der Waals surface area contributed by atoms with Crippen LogP contribution in [0.25, 0.3) is 0 Å². The predicted octanol–water partition coefficient (Wildman–Crippen LogP) is 2.12. The molecule has 3 rings (SSSR count). The third-order valence-electron chi connectivity index (χ3n) is 3.65. The predicted molar refractivity (Wildman–Crippen MR) is 76.2 cm³/mol. The van der Waals surface area contributed by atoms with Crippen LogP contribution in [0.1, 0.15) is 34.1 Å². The minimum atomic E-state index is -0.290. The van der Waals surface area contributed by atoms with E-state index in [0.717, 1.165) is 30.6 Å². The summed E-state index contributed by atoms with van der Waals surface area (Å²) in [6, 6.07) is 5.71. The number of hydrogen-bond donors (Lipinski definition) is 0. The lowest BCUT2D eigenvalue weighted by Gasteiger charge is -2.31. The summed E-state index contributed by atoms with van der Waals surface area (Å²) in [6.45, 7) is 3.23. The Morgan fingerprint density at radius 1 is 1.43 bits per heavy atom. The Morgan fingerprint density at radius 3 is 3.00 bits per heavy atom. The Labute approximate surface area is 122 Å². The van der Waals surface area contributed by atoms with E-state index in [9.17, 15) is 4.79 Å². The fourth-order valence-electron chi connectivity index (χ4n) is 2.73. The van der Waals surface area contributed by atoms with Crippen LogP contribution in [0.3, 0.4) is 0 Å². The number of carbonyl (C=O) groups is 1. The molecule has 0 fully saturated rings. The van der Waals surface area contributed by atoms with E-state index >= 15 is 0 Å². The van der Waals surface area contributed by atoms with E-state index in [1.807, 2.05) is 18.2 Å². The molecule has 1 aromatic heterocycles. The highest BCUT2D eigenvalue weighted by Gasteiger charge is 2.23. The van der Waals surface area contributed by atoms with E-state index in [1.54, 1.807) is 6.92 Å². The van der Waals surface area contributed by atoms with Gasteiger partial charge in [-0.3, -0.25) is 0 Å². The van der Waals surface area contributed by atoms with Crippen LogP contribution in [0.4, 0.5) is 5.69 Å². The van der Waals surface area contributed by atoms with Gasteiger partial charge in [0.15, 0.2) is 0 Å². The van der Waals surface area contributed by atoms with Gasteiger partial charge in [0.25, 0.3) is 0 Å². The molecule has 6 heteroatoms. The molecule has 0 amide bonds. The van der Waals surface area contributed by atoms with Crippen LogP contribution in [-0.2, 0) is 17.7 Å². The molecule has 0 spiro atoms. The molecule has 0 bridgehead atoms. The van der Waals surface area contributed by atoms with Crippen molar-refractivity contribution in [2.24, 2.45) is 0 Å². The fourth-order valence-corrected chi connectivity index (χ4v) is 2.73. The number of fused-ring (bicyclic) bond motifs is 1. The highest BCUT2D eigenvalue weighted by atomic mass is 16.5. The van der Waals surface area contributed by atoms with Gasteiger partial charge in [0, 0.05) is 19.2 Å². The molecule has 1 aliphatic rings. The molecule has 21 heavy (non-hydrogen) atoms. The van der Waals surface area contributed by atoms with Crippen molar-refractivity contribution in [2.75, 3.05) is 18.6 Å². The third kappa shape index (κ3) is 2.61. The van der Waals surface area contributed by atoms with E-state index in [0.29, 0.717) is 23.9 Å². The number of benzene rings is 1. The molecule has 0 unspecified atom stereocenters. The zero-order valence-electron chi connectivity index (χ0n) is 12.1. The summed E-state index contributed by atoms with van der Waals surface area (Å²) >= 11 is 0. The summed E-state index contributed by atoms with van der Waals surface area (Å²) in [7, 11) is 1.41. The molecule has 0 N–H and O–H groups in total. The zero-order chi connectivity index (χ0) is 14.8. The molecule has 110 valence electrons. The van der Waals surface area contributed by atoms with Crippen LogP contribution in [0.5, 0.6) is 0 Å². The van der Waals surface area contributed by atoms with Crippen molar-refractivity contribution in [3.63, 3.8) is 0 Å². The second kappa shape index (κ2) is 5.55.